The van der Waals surface area contributed by atoms with Crippen LogP contribution in [0.25, 0.3) is 0 Å². The van der Waals surface area contributed by atoms with E-state index in [0.717, 1.165) is 40.9 Å². The zero-order chi connectivity index (χ0) is 35.0. The van der Waals surface area contributed by atoms with Crippen LogP contribution in [0, 0.1) is 47.3 Å². The molecule has 53 heavy (non-hydrogen) atoms. The first kappa shape index (κ1) is 34.0. The zero-order valence-electron chi connectivity index (χ0n) is 32.0. The van der Waals surface area contributed by atoms with E-state index in [1.807, 2.05) is 0 Å². The number of hydrogen-bond donors (Lipinski definition) is 0. The third kappa shape index (κ3) is 5.89. The van der Waals surface area contributed by atoms with Crippen LogP contribution in [-0.4, -0.2) is 57.5 Å². The predicted octanol–water partition coefficient (Wildman–Crippen LogP) is 10.9. The Morgan fingerprint density at radius 1 is 0.736 bits per heavy atom. The number of thioether (sulfide) groups is 1. The van der Waals surface area contributed by atoms with Crippen molar-refractivity contribution in [2.24, 2.45) is 47.3 Å². The Morgan fingerprint density at radius 3 is 2.58 bits per heavy atom. The fraction of sp³-hybridized carbons (Fsp3) is 0.633. The lowest BCUT2D eigenvalue weighted by molar-refractivity contribution is 0.0719. The molecule has 0 radical (unpaired) electrons. The minimum absolute atomic E-state index is 0.195. The van der Waals surface area contributed by atoms with Gasteiger partial charge in [0.15, 0.2) is 0 Å². The van der Waals surface area contributed by atoms with Crippen molar-refractivity contribution in [1.29, 1.82) is 0 Å². The summed E-state index contributed by atoms with van der Waals surface area (Å²) >= 11 is 2.18. The average molecular weight is 727 g/mol. The maximum absolute atomic E-state index is 6.83. The lowest BCUT2D eigenvalue weighted by atomic mass is 9.65. The Kier molecular flexibility index (Phi) is 9.01. The summed E-state index contributed by atoms with van der Waals surface area (Å²) in [5.41, 5.74) is 3.31. The van der Waals surface area contributed by atoms with Gasteiger partial charge in [0.25, 0.3) is 0 Å². The molecule has 4 fully saturated rings. The minimum Gasteiger partial charge on any atom is -0.366 e. The fourth-order valence-electron chi connectivity index (χ4n) is 14.1. The molecule has 0 N–H and O–H groups in total. The van der Waals surface area contributed by atoms with E-state index in [1.165, 1.54) is 89.9 Å². The van der Waals surface area contributed by atoms with Gasteiger partial charge in [-0.25, -0.2) is 0 Å². The van der Waals surface area contributed by atoms with Crippen LogP contribution >= 0.6 is 11.8 Å². The first-order valence-corrected chi connectivity index (χ1v) is 23.1. The van der Waals surface area contributed by atoms with Gasteiger partial charge in [0, 0.05) is 57.8 Å². The van der Waals surface area contributed by atoms with Gasteiger partial charge in [0.1, 0.15) is 0 Å². The van der Waals surface area contributed by atoms with Crippen molar-refractivity contribution in [2.45, 2.75) is 144 Å². The maximum atomic E-state index is 6.83. The smallest absolute Gasteiger partial charge is 0.0853 e. The Labute approximate surface area is 324 Å². The number of likely N-dealkylation sites (tertiary alicyclic amines) is 1. The molecular formula is C49H62N2OS. The predicted molar refractivity (Wildman–Crippen MR) is 220 cm³/mol. The van der Waals surface area contributed by atoms with Crippen molar-refractivity contribution < 1.29 is 4.74 Å². The van der Waals surface area contributed by atoms with Gasteiger partial charge in [-0.2, -0.15) is 0 Å². The van der Waals surface area contributed by atoms with Crippen LogP contribution in [0.2, 0.25) is 0 Å². The van der Waals surface area contributed by atoms with Crippen molar-refractivity contribution in [3.63, 3.8) is 0 Å². The molecule has 8 aliphatic carbocycles. The number of hydrogen-bond acceptors (Lipinski definition) is 4. The average Bonchev–Trinajstić information content (AvgIpc) is 3.87. The van der Waals surface area contributed by atoms with Crippen LogP contribution in [0.4, 0.5) is 0 Å². The normalized spacial score (nSPS) is 47.8. The number of ether oxygens (including phenoxy) is 1. The first-order chi connectivity index (χ1) is 26.2. The molecule has 16 unspecified atom stereocenters. The molecule has 0 aromatic heterocycles. The van der Waals surface area contributed by atoms with E-state index >= 15 is 0 Å². The highest BCUT2D eigenvalue weighted by Crippen LogP contribution is 2.56. The van der Waals surface area contributed by atoms with E-state index in [4.69, 9.17) is 4.74 Å². The summed E-state index contributed by atoms with van der Waals surface area (Å²) in [5, 5.41) is 0.744. The topological polar surface area (TPSA) is 15.7 Å². The fourth-order valence-corrected chi connectivity index (χ4v) is 15.6. The third-order valence-electron chi connectivity index (χ3n) is 16.4. The molecule has 3 aliphatic heterocycles. The lowest BCUT2D eigenvalue weighted by Crippen LogP contribution is -2.50. The molecule has 0 aromatic rings. The summed E-state index contributed by atoms with van der Waals surface area (Å²) in [7, 11) is 0. The second-order valence-electron chi connectivity index (χ2n) is 19.1. The van der Waals surface area contributed by atoms with E-state index in [9.17, 15) is 0 Å². The van der Waals surface area contributed by atoms with Crippen LogP contribution in [0.1, 0.15) is 96.8 Å². The van der Waals surface area contributed by atoms with Crippen molar-refractivity contribution >= 4 is 11.8 Å². The molecule has 4 heteroatoms. The number of fused-ring (bicyclic) bond motifs is 8. The molecule has 2 saturated carbocycles. The Hall–Kier alpha value is -2.27. The van der Waals surface area contributed by atoms with Crippen LogP contribution in [0.3, 0.4) is 0 Å². The molecule has 16 atom stereocenters. The highest BCUT2D eigenvalue weighted by molar-refractivity contribution is 8.04. The number of allylic oxidation sites excluding steroid dienone is 8. The molecule has 2 saturated heterocycles. The summed E-state index contributed by atoms with van der Waals surface area (Å²) in [6.45, 7) is 2.53. The molecule has 0 amide bonds. The Bertz CT molecular complexity index is 1710. The van der Waals surface area contributed by atoms with Gasteiger partial charge in [-0.05, 0) is 112 Å². The standard InChI is InChI=1S/C49H62N2OS/c1-31-11-9-12-32(27-31)33-21-24-37-40-29-35(22-25-42(40)51(44(37)28-33)34-13-3-2-4-14-34)50(36-23-26-48-41(30-36)38-15-6-8-20-47(38)53-48)43-17-10-19-46-49(43)39-16-5-7-18-45(39)52-46/h2-4,6-7,10,13,15,17-19,22-23,25-26,31-40,42,44-47,49H,5,8-9,11-12,14,16,20-21,24,27-30H2,1H3. The third-order valence-corrected chi connectivity index (χ3v) is 17.9. The summed E-state index contributed by atoms with van der Waals surface area (Å²) in [4.78, 5) is 7.67. The van der Waals surface area contributed by atoms with Gasteiger partial charge in [-0.3, -0.25) is 4.90 Å². The summed E-state index contributed by atoms with van der Waals surface area (Å²) in [5.74, 6) is 6.02. The molecule has 11 aliphatic rings. The lowest BCUT2D eigenvalue weighted by Gasteiger charge is -2.47. The monoisotopic (exact) mass is 726 g/mol. The number of rotatable bonds is 5. The molecule has 3 heterocycles. The van der Waals surface area contributed by atoms with E-state index < -0.39 is 0 Å². The van der Waals surface area contributed by atoms with E-state index in [-0.39, 0.29) is 12.2 Å². The summed E-state index contributed by atoms with van der Waals surface area (Å²) in [6.07, 6.45) is 56.7. The van der Waals surface area contributed by atoms with Crippen molar-refractivity contribution in [1.82, 2.24) is 9.80 Å². The second kappa shape index (κ2) is 14.0. The highest BCUT2D eigenvalue weighted by atomic mass is 32.2. The van der Waals surface area contributed by atoms with Crippen molar-refractivity contribution in [3.05, 3.63) is 107 Å². The van der Waals surface area contributed by atoms with Crippen LogP contribution in [0.5, 0.6) is 0 Å². The molecular weight excluding hydrogens is 665 g/mol. The zero-order valence-corrected chi connectivity index (χ0v) is 32.8. The molecule has 0 aromatic carbocycles. The SMILES string of the molecule is CC1CCCC(C2CCC3C4CC(N(C5=CC=CC6OC7C=CCCC7C56)C5C=CC6=C(C5)C5C=CCCC5S6)C=CC4N(C4C=CC=CC4)C3C2)C1. The second-order valence-corrected chi connectivity index (χ2v) is 20.4. The molecule has 0 bridgehead atoms. The molecule has 0 spiro atoms. The van der Waals surface area contributed by atoms with Gasteiger partial charge in [0.2, 0.25) is 0 Å². The van der Waals surface area contributed by atoms with Crippen molar-refractivity contribution in [3.8, 4) is 0 Å². The molecule has 11 rings (SSSR count). The van der Waals surface area contributed by atoms with Gasteiger partial charge >= 0.3 is 0 Å². The Morgan fingerprint density at radius 2 is 1.66 bits per heavy atom. The molecule has 280 valence electrons. The van der Waals surface area contributed by atoms with Gasteiger partial charge < -0.3 is 9.64 Å². The Balaban J connectivity index is 0.932. The van der Waals surface area contributed by atoms with Crippen molar-refractivity contribution in [2.75, 3.05) is 0 Å². The largest absolute Gasteiger partial charge is 0.366 e. The van der Waals surface area contributed by atoms with E-state index in [0.29, 0.717) is 41.9 Å². The highest BCUT2D eigenvalue weighted by Gasteiger charge is 2.55. The maximum Gasteiger partial charge on any atom is 0.0853 e. The van der Waals surface area contributed by atoms with Gasteiger partial charge in [-0.15, -0.1) is 11.8 Å². The van der Waals surface area contributed by atoms with Crippen LogP contribution in [0.15, 0.2) is 107 Å². The summed E-state index contributed by atoms with van der Waals surface area (Å²) < 4.78 is 6.83. The van der Waals surface area contributed by atoms with E-state index in [2.05, 4.69) is 120 Å². The quantitative estimate of drug-likeness (QED) is 0.262. The number of nitrogens with zero attached hydrogens (tertiary/aromatic N) is 2. The van der Waals surface area contributed by atoms with Gasteiger partial charge in [0.05, 0.1) is 18.2 Å². The van der Waals surface area contributed by atoms with E-state index in [1.54, 1.807) is 16.2 Å². The van der Waals surface area contributed by atoms with Crippen LogP contribution in [-0.2, 0) is 4.74 Å². The molecule has 3 nitrogen and oxygen atoms in total. The summed E-state index contributed by atoms with van der Waals surface area (Å²) in [6, 6.07) is 2.67. The van der Waals surface area contributed by atoms with Gasteiger partial charge in [-0.1, -0.05) is 111 Å². The van der Waals surface area contributed by atoms with Crippen LogP contribution < -0.4 is 0 Å². The minimum atomic E-state index is 0.195. The first-order valence-electron chi connectivity index (χ1n) is 22.2.